The molecule has 4 nitrogen and oxygen atoms in total. The molecule has 2 aromatic rings. The Hall–Kier alpha value is -2.25. The van der Waals surface area contributed by atoms with Gasteiger partial charge in [0.1, 0.15) is 0 Å². The van der Waals surface area contributed by atoms with Crippen molar-refractivity contribution in [1.82, 2.24) is 0 Å². The van der Waals surface area contributed by atoms with Gasteiger partial charge in [0.05, 0.1) is 11.5 Å². The van der Waals surface area contributed by atoms with Crippen molar-refractivity contribution < 1.29 is 22.8 Å². The number of nitrogens with one attached hydrogen (secondary N) is 1. The Morgan fingerprint density at radius 3 is 2.41 bits per heavy atom. The van der Waals surface area contributed by atoms with Gasteiger partial charge in [-0.05, 0) is 36.4 Å². The first-order valence-corrected chi connectivity index (χ1v) is 8.63. The third kappa shape index (κ3) is 4.54. The zero-order valence-corrected chi connectivity index (χ0v) is 15.2. The number of halogens is 5. The second kappa shape index (κ2) is 7.40. The molecule has 2 aromatic carbocycles. The molecule has 1 saturated heterocycles. The van der Waals surface area contributed by atoms with Gasteiger partial charge in [0.2, 0.25) is 11.8 Å². The van der Waals surface area contributed by atoms with Crippen molar-refractivity contribution in [1.29, 1.82) is 0 Å². The van der Waals surface area contributed by atoms with Gasteiger partial charge in [-0.15, -0.1) is 0 Å². The SMILES string of the molecule is O=C(Nc1cc(Cl)cc(Cl)c1)[C@@H]1CC(=O)N(c2cccc(C(F)(F)F)c2)C1. The maximum Gasteiger partial charge on any atom is 0.416 e. The molecule has 2 amide bonds. The van der Waals surface area contributed by atoms with Gasteiger partial charge in [-0.1, -0.05) is 29.3 Å². The van der Waals surface area contributed by atoms with Gasteiger partial charge in [-0.25, -0.2) is 0 Å². The number of nitrogens with zero attached hydrogens (tertiary/aromatic N) is 1. The highest BCUT2D eigenvalue weighted by Crippen LogP contribution is 2.33. The highest BCUT2D eigenvalue weighted by molar-refractivity contribution is 6.35. The molecule has 27 heavy (non-hydrogen) atoms. The minimum absolute atomic E-state index is 0.0136. The van der Waals surface area contributed by atoms with Crippen LogP contribution < -0.4 is 10.2 Å². The number of benzene rings is 2. The maximum absolute atomic E-state index is 12.9. The minimum Gasteiger partial charge on any atom is -0.326 e. The Morgan fingerprint density at radius 1 is 1.11 bits per heavy atom. The standard InChI is InChI=1S/C18H13Cl2F3N2O2/c19-12-6-13(20)8-14(7-12)24-17(27)10-4-16(26)25(9-10)15-3-1-2-11(5-15)18(21,22)23/h1-3,5-8,10H,4,9H2,(H,24,27)/t10-/m1/s1. The number of carbonyl (C=O) groups excluding carboxylic acids is 2. The molecule has 1 N–H and O–H groups in total. The lowest BCUT2D eigenvalue weighted by Crippen LogP contribution is -2.28. The van der Waals surface area contributed by atoms with Crippen LogP contribution in [0.4, 0.5) is 24.5 Å². The Kier molecular flexibility index (Phi) is 5.35. The summed E-state index contributed by atoms with van der Waals surface area (Å²) in [5.41, 5.74) is -0.368. The lowest BCUT2D eigenvalue weighted by Gasteiger charge is -2.18. The lowest BCUT2D eigenvalue weighted by molar-refractivity contribution is -0.137. The zero-order valence-electron chi connectivity index (χ0n) is 13.7. The molecule has 0 aromatic heterocycles. The summed E-state index contributed by atoms with van der Waals surface area (Å²) in [6.45, 7) is -0.0136. The van der Waals surface area contributed by atoms with E-state index in [0.717, 1.165) is 12.1 Å². The van der Waals surface area contributed by atoms with Gasteiger partial charge in [0.25, 0.3) is 0 Å². The van der Waals surface area contributed by atoms with E-state index in [2.05, 4.69) is 5.32 Å². The number of alkyl halides is 3. The maximum atomic E-state index is 12.9. The van der Waals surface area contributed by atoms with Crippen LogP contribution in [0.5, 0.6) is 0 Å². The summed E-state index contributed by atoms with van der Waals surface area (Å²) in [5.74, 6) is -1.56. The van der Waals surface area contributed by atoms with Crippen LogP contribution >= 0.6 is 23.2 Å². The molecule has 1 aliphatic rings. The second-order valence-corrected chi connectivity index (χ2v) is 6.97. The van der Waals surface area contributed by atoms with E-state index < -0.39 is 29.5 Å². The van der Waals surface area contributed by atoms with Crippen molar-refractivity contribution in [3.63, 3.8) is 0 Å². The monoisotopic (exact) mass is 416 g/mol. The van der Waals surface area contributed by atoms with Crippen LogP contribution in [0.1, 0.15) is 12.0 Å². The van der Waals surface area contributed by atoms with Gasteiger partial charge in [0, 0.05) is 34.4 Å². The molecular weight excluding hydrogens is 404 g/mol. The van der Waals surface area contributed by atoms with E-state index in [4.69, 9.17) is 23.2 Å². The zero-order chi connectivity index (χ0) is 19.8. The first-order chi connectivity index (χ1) is 12.6. The number of hydrogen-bond acceptors (Lipinski definition) is 2. The summed E-state index contributed by atoms with van der Waals surface area (Å²) in [4.78, 5) is 25.8. The van der Waals surface area contributed by atoms with Crippen LogP contribution in [-0.4, -0.2) is 18.4 Å². The summed E-state index contributed by atoms with van der Waals surface area (Å²) in [6.07, 6.45) is -4.61. The molecule has 142 valence electrons. The molecule has 0 unspecified atom stereocenters. The van der Waals surface area contributed by atoms with E-state index in [9.17, 15) is 22.8 Å². The van der Waals surface area contributed by atoms with Gasteiger partial charge >= 0.3 is 6.18 Å². The topological polar surface area (TPSA) is 49.4 Å². The van der Waals surface area contributed by atoms with E-state index >= 15 is 0 Å². The highest BCUT2D eigenvalue weighted by atomic mass is 35.5. The van der Waals surface area contributed by atoms with Gasteiger partial charge in [-0.2, -0.15) is 13.2 Å². The van der Waals surface area contributed by atoms with Gasteiger partial charge < -0.3 is 10.2 Å². The average Bonchev–Trinajstić information content (AvgIpc) is 2.95. The number of amides is 2. The molecule has 1 heterocycles. The molecule has 1 atom stereocenters. The quantitative estimate of drug-likeness (QED) is 0.764. The molecule has 1 fully saturated rings. The predicted octanol–water partition coefficient (Wildman–Crippen LogP) is 5.00. The number of hydrogen-bond donors (Lipinski definition) is 1. The molecule has 0 spiro atoms. The van der Waals surface area contributed by atoms with E-state index in [1.807, 2.05) is 0 Å². The van der Waals surface area contributed by atoms with Crippen LogP contribution in [0.15, 0.2) is 42.5 Å². The van der Waals surface area contributed by atoms with E-state index in [0.29, 0.717) is 15.7 Å². The summed E-state index contributed by atoms with van der Waals surface area (Å²) < 4.78 is 38.6. The Balaban J connectivity index is 1.74. The Labute approximate surface area is 162 Å². The van der Waals surface area contributed by atoms with Crippen LogP contribution in [0.2, 0.25) is 10.0 Å². The molecule has 3 rings (SSSR count). The van der Waals surface area contributed by atoms with Crippen molar-refractivity contribution in [3.05, 3.63) is 58.1 Å². The van der Waals surface area contributed by atoms with Gasteiger partial charge in [0.15, 0.2) is 0 Å². The van der Waals surface area contributed by atoms with Crippen LogP contribution in [-0.2, 0) is 15.8 Å². The van der Waals surface area contributed by atoms with Crippen LogP contribution in [0, 0.1) is 5.92 Å². The van der Waals surface area contributed by atoms with Gasteiger partial charge in [-0.3, -0.25) is 9.59 Å². The lowest BCUT2D eigenvalue weighted by atomic mass is 10.1. The van der Waals surface area contributed by atoms with E-state index in [1.165, 1.54) is 35.2 Å². The molecule has 9 heteroatoms. The van der Waals surface area contributed by atoms with Crippen LogP contribution in [0.25, 0.3) is 0 Å². The minimum atomic E-state index is -4.51. The molecule has 0 bridgehead atoms. The fraction of sp³-hybridized carbons (Fsp3) is 0.222. The molecular formula is C18H13Cl2F3N2O2. The van der Waals surface area contributed by atoms with E-state index in [1.54, 1.807) is 0 Å². The van der Waals surface area contributed by atoms with Crippen molar-refractivity contribution in [2.75, 3.05) is 16.8 Å². The smallest absolute Gasteiger partial charge is 0.326 e. The third-order valence-electron chi connectivity index (χ3n) is 4.11. The summed E-state index contributed by atoms with van der Waals surface area (Å²) in [6, 6.07) is 8.98. The van der Waals surface area contributed by atoms with Crippen molar-refractivity contribution in [3.8, 4) is 0 Å². The molecule has 1 aliphatic heterocycles. The molecule has 0 aliphatic carbocycles. The Morgan fingerprint density at radius 2 is 1.78 bits per heavy atom. The highest BCUT2D eigenvalue weighted by Gasteiger charge is 2.37. The third-order valence-corrected chi connectivity index (χ3v) is 4.55. The normalized spacial score (nSPS) is 17.3. The predicted molar refractivity (Wildman–Crippen MR) is 97.0 cm³/mol. The number of anilines is 2. The second-order valence-electron chi connectivity index (χ2n) is 6.10. The molecule has 0 radical (unpaired) electrons. The Bertz CT molecular complexity index is 882. The number of carbonyl (C=O) groups is 2. The summed E-state index contributed by atoms with van der Waals surface area (Å²) >= 11 is 11.8. The number of rotatable bonds is 3. The van der Waals surface area contributed by atoms with Crippen LogP contribution in [0.3, 0.4) is 0 Å². The van der Waals surface area contributed by atoms with Crippen molar-refractivity contribution >= 4 is 46.4 Å². The first kappa shape index (κ1) is 19.5. The van der Waals surface area contributed by atoms with Crippen molar-refractivity contribution in [2.45, 2.75) is 12.6 Å². The fourth-order valence-corrected chi connectivity index (χ4v) is 3.38. The van der Waals surface area contributed by atoms with Crippen molar-refractivity contribution in [2.24, 2.45) is 5.92 Å². The van der Waals surface area contributed by atoms with E-state index in [-0.39, 0.29) is 18.7 Å². The summed E-state index contributed by atoms with van der Waals surface area (Å²) in [7, 11) is 0. The molecule has 0 saturated carbocycles. The largest absolute Gasteiger partial charge is 0.416 e. The summed E-state index contributed by atoms with van der Waals surface area (Å²) in [5, 5.41) is 3.30. The average molecular weight is 417 g/mol. The fourth-order valence-electron chi connectivity index (χ4n) is 2.85. The first-order valence-electron chi connectivity index (χ1n) is 7.88.